The zero-order valence-corrected chi connectivity index (χ0v) is 8.23. The normalized spacial score (nSPS) is 10.8. The lowest BCUT2D eigenvalue weighted by atomic mass is 10.0. The summed E-state index contributed by atoms with van der Waals surface area (Å²) >= 11 is 0. The standard InChI is InChI=1S/C5H12.C4H10O/c1-5(2,3)4;1-4(2)3-5/h1-4H3;4-5H,3H2,1-2H3. The van der Waals surface area contributed by atoms with Crippen LogP contribution in [-0.2, 0) is 0 Å². The molecular weight excluding hydrogens is 124 g/mol. The van der Waals surface area contributed by atoms with E-state index in [0.717, 1.165) is 0 Å². The van der Waals surface area contributed by atoms with E-state index in [9.17, 15) is 0 Å². The van der Waals surface area contributed by atoms with Gasteiger partial charge in [-0.25, -0.2) is 0 Å². The largest absolute Gasteiger partial charge is 0.396 e. The van der Waals surface area contributed by atoms with Gasteiger partial charge in [-0.2, -0.15) is 0 Å². The van der Waals surface area contributed by atoms with Gasteiger partial charge in [0.15, 0.2) is 0 Å². The molecule has 64 valence electrons. The van der Waals surface area contributed by atoms with Gasteiger partial charge < -0.3 is 5.11 Å². The molecule has 0 amide bonds. The Hall–Kier alpha value is -0.0400. The van der Waals surface area contributed by atoms with Crippen molar-refractivity contribution in [3.05, 3.63) is 0 Å². The van der Waals surface area contributed by atoms with Gasteiger partial charge in [0.1, 0.15) is 0 Å². The van der Waals surface area contributed by atoms with Gasteiger partial charge in [0, 0.05) is 6.61 Å². The molecule has 1 N–H and O–H groups in total. The highest BCUT2D eigenvalue weighted by molar-refractivity contribution is 4.47. The van der Waals surface area contributed by atoms with Crippen molar-refractivity contribution in [1.82, 2.24) is 0 Å². The van der Waals surface area contributed by atoms with E-state index in [-0.39, 0.29) is 0 Å². The van der Waals surface area contributed by atoms with E-state index < -0.39 is 0 Å². The predicted molar refractivity (Wildman–Crippen MR) is 47.1 cm³/mol. The van der Waals surface area contributed by atoms with Crippen LogP contribution < -0.4 is 0 Å². The van der Waals surface area contributed by atoms with Crippen LogP contribution in [0.15, 0.2) is 0 Å². The highest BCUT2D eigenvalue weighted by atomic mass is 16.3. The van der Waals surface area contributed by atoms with Gasteiger partial charge in [0.25, 0.3) is 0 Å². The van der Waals surface area contributed by atoms with Gasteiger partial charge in [0.05, 0.1) is 0 Å². The van der Waals surface area contributed by atoms with Crippen LogP contribution in [0.4, 0.5) is 0 Å². The van der Waals surface area contributed by atoms with Crippen molar-refractivity contribution in [2.45, 2.75) is 41.5 Å². The Morgan fingerprint density at radius 1 is 1.10 bits per heavy atom. The van der Waals surface area contributed by atoms with E-state index in [1.165, 1.54) is 0 Å². The average Bonchev–Trinajstić information content (AvgIpc) is 1.61. The topological polar surface area (TPSA) is 20.2 Å². The minimum atomic E-state index is 0.306. The van der Waals surface area contributed by atoms with E-state index >= 15 is 0 Å². The van der Waals surface area contributed by atoms with Crippen LogP contribution in [0.5, 0.6) is 0 Å². The maximum absolute atomic E-state index is 8.14. The second-order valence-electron chi connectivity index (χ2n) is 4.58. The molecule has 0 bridgehead atoms. The highest BCUT2D eigenvalue weighted by Gasteiger charge is 1.95. The number of hydrogen-bond donors (Lipinski definition) is 1. The molecule has 0 saturated carbocycles. The van der Waals surface area contributed by atoms with Crippen molar-refractivity contribution < 1.29 is 5.11 Å². The summed E-state index contributed by atoms with van der Waals surface area (Å²) in [5.74, 6) is 0.440. The second kappa shape index (κ2) is 5.72. The van der Waals surface area contributed by atoms with E-state index in [1.807, 2.05) is 13.8 Å². The molecule has 0 fully saturated rings. The lowest BCUT2D eigenvalue weighted by molar-refractivity contribution is 0.248. The molecule has 0 saturated heterocycles. The SMILES string of the molecule is CC(C)(C)C.CC(C)CO. The van der Waals surface area contributed by atoms with Crippen molar-refractivity contribution in [2.24, 2.45) is 11.3 Å². The molecule has 0 aromatic heterocycles. The maximum Gasteiger partial charge on any atom is 0.0453 e. The Morgan fingerprint density at radius 2 is 1.20 bits per heavy atom. The number of rotatable bonds is 1. The van der Waals surface area contributed by atoms with Crippen LogP contribution in [-0.4, -0.2) is 11.7 Å². The molecule has 0 heterocycles. The van der Waals surface area contributed by atoms with Gasteiger partial charge >= 0.3 is 0 Å². The van der Waals surface area contributed by atoms with E-state index in [0.29, 0.717) is 17.9 Å². The molecule has 0 aromatic carbocycles. The Kier molecular flexibility index (Phi) is 7.22. The summed E-state index contributed by atoms with van der Waals surface area (Å²) in [6.45, 7) is 13.0. The first-order valence-corrected chi connectivity index (χ1v) is 3.88. The zero-order chi connectivity index (χ0) is 8.78. The second-order valence-corrected chi connectivity index (χ2v) is 4.58. The molecule has 1 nitrogen and oxygen atoms in total. The fourth-order valence-electron chi connectivity index (χ4n) is 0. The van der Waals surface area contributed by atoms with Gasteiger partial charge in [-0.05, 0) is 11.3 Å². The van der Waals surface area contributed by atoms with Gasteiger partial charge in [-0.15, -0.1) is 0 Å². The molecule has 0 aliphatic heterocycles. The van der Waals surface area contributed by atoms with Crippen LogP contribution in [0.25, 0.3) is 0 Å². The summed E-state index contributed by atoms with van der Waals surface area (Å²) in [5, 5.41) is 8.14. The summed E-state index contributed by atoms with van der Waals surface area (Å²) in [6.07, 6.45) is 0. The van der Waals surface area contributed by atoms with Crippen molar-refractivity contribution in [3.8, 4) is 0 Å². The Labute approximate surface area is 65.5 Å². The first kappa shape index (κ1) is 12.6. The zero-order valence-electron chi connectivity index (χ0n) is 8.23. The summed E-state index contributed by atoms with van der Waals surface area (Å²) in [6, 6.07) is 0. The molecule has 0 aromatic rings. The number of aliphatic hydroxyl groups is 1. The molecule has 10 heavy (non-hydrogen) atoms. The van der Waals surface area contributed by atoms with E-state index in [4.69, 9.17) is 5.11 Å². The molecule has 0 aliphatic rings. The van der Waals surface area contributed by atoms with Gasteiger partial charge in [-0.3, -0.25) is 0 Å². The number of aliphatic hydroxyl groups excluding tert-OH is 1. The molecule has 0 unspecified atom stereocenters. The third-order valence-corrected chi connectivity index (χ3v) is 0.365. The summed E-state index contributed by atoms with van der Waals surface area (Å²) < 4.78 is 0. The lowest BCUT2D eigenvalue weighted by Gasteiger charge is -2.05. The minimum Gasteiger partial charge on any atom is -0.396 e. The van der Waals surface area contributed by atoms with Crippen molar-refractivity contribution in [3.63, 3.8) is 0 Å². The summed E-state index contributed by atoms with van der Waals surface area (Å²) in [7, 11) is 0. The van der Waals surface area contributed by atoms with E-state index in [2.05, 4.69) is 27.7 Å². The summed E-state index contributed by atoms with van der Waals surface area (Å²) in [4.78, 5) is 0. The lowest BCUT2D eigenvalue weighted by Crippen LogP contribution is -1.93. The van der Waals surface area contributed by atoms with Crippen molar-refractivity contribution in [1.29, 1.82) is 0 Å². The van der Waals surface area contributed by atoms with Crippen LogP contribution in [0.1, 0.15) is 41.5 Å². The third-order valence-electron chi connectivity index (χ3n) is 0.365. The first-order valence-electron chi connectivity index (χ1n) is 3.88. The maximum atomic E-state index is 8.14. The summed E-state index contributed by atoms with van der Waals surface area (Å²) in [5.41, 5.74) is 0.500. The van der Waals surface area contributed by atoms with Gasteiger partial charge in [-0.1, -0.05) is 41.5 Å². The first-order chi connectivity index (χ1) is 4.27. The number of hydrogen-bond acceptors (Lipinski definition) is 1. The predicted octanol–water partition coefficient (Wildman–Crippen LogP) is 2.69. The third kappa shape index (κ3) is 100. The quantitative estimate of drug-likeness (QED) is 0.603. The molecule has 0 radical (unpaired) electrons. The Morgan fingerprint density at radius 3 is 1.20 bits per heavy atom. The molecule has 0 atom stereocenters. The molecular formula is C9H22O. The van der Waals surface area contributed by atoms with Crippen molar-refractivity contribution in [2.75, 3.05) is 6.61 Å². The molecule has 0 spiro atoms. The molecule has 1 heteroatoms. The fourth-order valence-corrected chi connectivity index (χ4v) is 0. The Balaban J connectivity index is 0. The van der Waals surface area contributed by atoms with Crippen molar-refractivity contribution >= 4 is 0 Å². The highest BCUT2D eigenvalue weighted by Crippen LogP contribution is 2.07. The van der Waals surface area contributed by atoms with E-state index in [1.54, 1.807) is 0 Å². The van der Waals surface area contributed by atoms with Crippen LogP contribution in [0, 0.1) is 11.3 Å². The molecule has 0 rings (SSSR count). The Bertz CT molecular complexity index is 53.6. The van der Waals surface area contributed by atoms with Crippen LogP contribution in [0.2, 0.25) is 0 Å². The smallest absolute Gasteiger partial charge is 0.0453 e. The fraction of sp³-hybridized carbons (Fsp3) is 1.00. The average molecular weight is 146 g/mol. The monoisotopic (exact) mass is 146 g/mol. The van der Waals surface area contributed by atoms with Crippen LogP contribution >= 0.6 is 0 Å². The van der Waals surface area contributed by atoms with Crippen LogP contribution in [0.3, 0.4) is 0 Å². The minimum absolute atomic E-state index is 0.306. The van der Waals surface area contributed by atoms with Gasteiger partial charge in [0.2, 0.25) is 0 Å². The molecule has 0 aliphatic carbocycles.